The molecule has 3 heteroatoms. The molecule has 0 spiro atoms. The topological polar surface area (TPSA) is 32.3 Å². The van der Waals surface area contributed by atoms with Crippen LogP contribution < -0.4 is 10.2 Å². The van der Waals surface area contributed by atoms with Crippen molar-refractivity contribution in [3.8, 4) is 0 Å². The van der Waals surface area contributed by atoms with Crippen LogP contribution in [-0.2, 0) is 6.42 Å². The van der Waals surface area contributed by atoms with Crippen LogP contribution in [0.5, 0.6) is 0 Å². The zero-order chi connectivity index (χ0) is 10.1. The Hall–Kier alpha value is -1.51. The molecular formula is C11H14N2O. The molecule has 1 heterocycles. The van der Waals surface area contributed by atoms with Crippen molar-refractivity contribution in [1.29, 1.82) is 0 Å². The molecule has 3 nitrogen and oxygen atoms in total. The number of hydrogen-bond acceptors (Lipinski definition) is 1. The minimum absolute atomic E-state index is 0.0191. The number of nitrogens with zero attached hydrogens (tertiary/aromatic N) is 1. The summed E-state index contributed by atoms with van der Waals surface area (Å²) in [5, 5.41) is 2.65. The number of amides is 2. The second-order valence-electron chi connectivity index (χ2n) is 3.59. The molecule has 0 saturated heterocycles. The second kappa shape index (κ2) is 3.33. The predicted molar refractivity (Wildman–Crippen MR) is 56.7 cm³/mol. The molecule has 74 valence electrons. The van der Waals surface area contributed by atoms with Crippen molar-refractivity contribution in [2.45, 2.75) is 13.3 Å². The molecular weight excluding hydrogens is 176 g/mol. The van der Waals surface area contributed by atoms with Crippen molar-refractivity contribution < 1.29 is 4.79 Å². The number of fused-ring (bicyclic) bond motifs is 1. The maximum absolute atomic E-state index is 11.5. The number of hydrogen-bond donors (Lipinski definition) is 1. The molecule has 0 bridgehead atoms. The summed E-state index contributed by atoms with van der Waals surface area (Å²) < 4.78 is 0. The van der Waals surface area contributed by atoms with Gasteiger partial charge in [-0.1, -0.05) is 12.1 Å². The molecule has 1 aliphatic rings. The van der Waals surface area contributed by atoms with Crippen LogP contribution in [0.1, 0.15) is 11.1 Å². The van der Waals surface area contributed by atoms with Crippen molar-refractivity contribution in [2.24, 2.45) is 0 Å². The molecule has 1 aliphatic heterocycles. The number of rotatable bonds is 0. The molecule has 1 aromatic carbocycles. The minimum atomic E-state index is -0.0191. The molecule has 1 aromatic rings. The van der Waals surface area contributed by atoms with Gasteiger partial charge in [0.05, 0.1) is 0 Å². The van der Waals surface area contributed by atoms with Crippen LogP contribution in [0.4, 0.5) is 10.5 Å². The summed E-state index contributed by atoms with van der Waals surface area (Å²) in [6.45, 7) is 2.83. The Kier molecular flexibility index (Phi) is 2.15. The highest BCUT2D eigenvalue weighted by molar-refractivity contribution is 5.94. The number of benzene rings is 1. The van der Waals surface area contributed by atoms with E-state index in [0.717, 1.165) is 18.7 Å². The molecule has 0 unspecified atom stereocenters. The van der Waals surface area contributed by atoms with E-state index in [1.165, 1.54) is 11.1 Å². The van der Waals surface area contributed by atoms with E-state index in [1.54, 1.807) is 11.9 Å². The Morgan fingerprint density at radius 3 is 3.00 bits per heavy atom. The van der Waals surface area contributed by atoms with Crippen LogP contribution in [0.2, 0.25) is 0 Å². The molecule has 0 fully saturated rings. The molecule has 0 radical (unpaired) electrons. The lowest BCUT2D eigenvalue weighted by Gasteiger charge is -2.16. The van der Waals surface area contributed by atoms with Crippen LogP contribution in [0.3, 0.4) is 0 Å². The van der Waals surface area contributed by atoms with E-state index in [1.807, 2.05) is 6.92 Å². The maximum atomic E-state index is 11.5. The molecule has 0 atom stereocenters. The first-order chi connectivity index (χ1) is 6.72. The van der Waals surface area contributed by atoms with E-state index in [0.29, 0.717) is 0 Å². The Bertz CT molecular complexity index is 374. The fraction of sp³-hybridized carbons (Fsp3) is 0.364. The lowest BCUT2D eigenvalue weighted by molar-refractivity contribution is 0.248. The number of aryl methyl sites for hydroxylation is 1. The summed E-state index contributed by atoms with van der Waals surface area (Å²) in [7, 11) is 1.66. The number of carbonyl (C=O) groups is 1. The summed E-state index contributed by atoms with van der Waals surface area (Å²) in [6.07, 6.45) is 0.961. The molecule has 1 N–H and O–H groups in total. The standard InChI is InChI=1S/C11H14N2O/c1-8-3-4-9-5-6-13(10(9)7-8)11(14)12-2/h3-4,7H,5-6H2,1-2H3,(H,12,14). The van der Waals surface area contributed by atoms with Gasteiger partial charge in [-0.25, -0.2) is 4.79 Å². The fourth-order valence-corrected chi connectivity index (χ4v) is 1.84. The van der Waals surface area contributed by atoms with Gasteiger partial charge < -0.3 is 5.32 Å². The predicted octanol–water partition coefficient (Wildman–Crippen LogP) is 1.70. The number of carbonyl (C=O) groups excluding carboxylic acids is 1. The number of anilines is 1. The van der Waals surface area contributed by atoms with Crippen LogP contribution in [0, 0.1) is 6.92 Å². The van der Waals surface area contributed by atoms with Gasteiger partial charge in [0.2, 0.25) is 0 Å². The van der Waals surface area contributed by atoms with E-state index in [4.69, 9.17) is 0 Å². The summed E-state index contributed by atoms with van der Waals surface area (Å²) in [5.41, 5.74) is 3.52. The molecule has 0 saturated carbocycles. The molecule has 0 aromatic heterocycles. The highest BCUT2D eigenvalue weighted by atomic mass is 16.2. The van der Waals surface area contributed by atoms with Crippen LogP contribution in [-0.4, -0.2) is 19.6 Å². The Morgan fingerprint density at radius 1 is 1.50 bits per heavy atom. The van der Waals surface area contributed by atoms with Gasteiger partial charge in [0, 0.05) is 19.3 Å². The normalized spacial score (nSPS) is 14.0. The fourth-order valence-electron chi connectivity index (χ4n) is 1.84. The highest BCUT2D eigenvalue weighted by Gasteiger charge is 2.23. The zero-order valence-corrected chi connectivity index (χ0v) is 8.50. The van der Waals surface area contributed by atoms with E-state index < -0.39 is 0 Å². The van der Waals surface area contributed by atoms with Crippen molar-refractivity contribution >= 4 is 11.7 Å². The molecule has 14 heavy (non-hydrogen) atoms. The Labute approximate surface area is 83.7 Å². The molecule has 0 aliphatic carbocycles. The van der Waals surface area contributed by atoms with Gasteiger partial charge in [-0.3, -0.25) is 4.90 Å². The van der Waals surface area contributed by atoms with E-state index in [2.05, 4.69) is 23.5 Å². The van der Waals surface area contributed by atoms with Gasteiger partial charge in [-0.05, 0) is 30.5 Å². The first-order valence-corrected chi connectivity index (χ1v) is 4.81. The third kappa shape index (κ3) is 1.35. The van der Waals surface area contributed by atoms with Gasteiger partial charge in [0.15, 0.2) is 0 Å². The lowest BCUT2D eigenvalue weighted by Crippen LogP contribution is -2.36. The monoisotopic (exact) mass is 190 g/mol. The van der Waals surface area contributed by atoms with Gasteiger partial charge in [-0.2, -0.15) is 0 Å². The lowest BCUT2D eigenvalue weighted by atomic mass is 10.1. The molecule has 2 amide bonds. The van der Waals surface area contributed by atoms with Gasteiger partial charge in [0.1, 0.15) is 0 Å². The maximum Gasteiger partial charge on any atom is 0.321 e. The van der Waals surface area contributed by atoms with E-state index in [9.17, 15) is 4.79 Å². The van der Waals surface area contributed by atoms with Crippen LogP contribution >= 0.6 is 0 Å². The van der Waals surface area contributed by atoms with Gasteiger partial charge in [-0.15, -0.1) is 0 Å². The van der Waals surface area contributed by atoms with Crippen molar-refractivity contribution in [3.05, 3.63) is 29.3 Å². The van der Waals surface area contributed by atoms with Crippen LogP contribution in [0.15, 0.2) is 18.2 Å². The third-order valence-corrected chi connectivity index (χ3v) is 2.60. The van der Waals surface area contributed by atoms with Gasteiger partial charge in [0.25, 0.3) is 0 Å². The third-order valence-electron chi connectivity index (χ3n) is 2.60. The minimum Gasteiger partial charge on any atom is -0.341 e. The first kappa shape index (κ1) is 9.06. The van der Waals surface area contributed by atoms with E-state index >= 15 is 0 Å². The number of nitrogens with one attached hydrogen (secondary N) is 1. The Morgan fingerprint density at radius 2 is 2.29 bits per heavy atom. The Balaban J connectivity index is 2.38. The highest BCUT2D eigenvalue weighted by Crippen LogP contribution is 2.28. The van der Waals surface area contributed by atoms with Crippen molar-refractivity contribution in [2.75, 3.05) is 18.5 Å². The van der Waals surface area contributed by atoms with Crippen molar-refractivity contribution in [3.63, 3.8) is 0 Å². The average Bonchev–Trinajstić information content (AvgIpc) is 2.59. The van der Waals surface area contributed by atoms with Crippen molar-refractivity contribution in [1.82, 2.24) is 5.32 Å². The number of urea groups is 1. The largest absolute Gasteiger partial charge is 0.341 e. The molecule has 2 rings (SSSR count). The van der Waals surface area contributed by atoms with Crippen LogP contribution in [0.25, 0.3) is 0 Å². The summed E-state index contributed by atoms with van der Waals surface area (Å²) in [5.74, 6) is 0. The summed E-state index contributed by atoms with van der Waals surface area (Å²) in [4.78, 5) is 13.3. The zero-order valence-electron chi connectivity index (χ0n) is 8.50. The smallest absolute Gasteiger partial charge is 0.321 e. The van der Waals surface area contributed by atoms with Gasteiger partial charge >= 0.3 is 6.03 Å². The summed E-state index contributed by atoms with van der Waals surface area (Å²) in [6, 6.07) is 6.24. The second-order valence-corrected chi connectivity index (χ2v) is 3.59. The van der Waals surface area contributed by atoms with E-state index in [-0.39, 0.29) is 6.03 Å². The quantitative estimate of drug-likeness (QED) is 0.663. The average molecular weight is 190 g/mol. The SMILES string of the molecule is CNC(=O)N1CCc2ccc(C)cc21. The first-order valence-electron chi connectivity index (χ1n) is 4.81. The summed E-state index contributed by atoms with van der Waals surface area (Å²) >= 11 is 0.